The minimum atomic E-state index is -5.43. The van der Waals surface area contributed by atoms with E-state index in [0.29, 0.717) is 0 Å². The average Bonchev–Trinajstić information content (AvgIpc) is 1.78. The molecular formula is C6H8F5N. The van der Waals surface area contributed by atoms with Gasteiger partial charge in [-0.2, -0.15) is 22.0 Å². The first-order chi connectivity index (χ1) is 5.25. The van der Waals surface area contributed by atoms with E-state index in [2.05, 4.69) is 0 Å². The van der Waals surface area contributed by atoms with E-state index in [1.807, 2.05) is 0 Å². The third-order valence-corrected chi connectivity index (χ3v) is 2.07. The van der Waals surface area contributed by atoms with Crippen LogP contribution < -0.4 is 5.73 Å². The first-order valence-corrected chi connectivity index (χ1v) is 3.45. The number of alkyl halides is 5. The summed E-state index contributed by atoms with van der Waals surface area (Å²) in [4.78, 5) is 0. The van der Waals surface area contributed by atoms with Crippen molar-refractivity contribution < 1.29 is 22.0 Å². The summed E-state index contributed by atoms with van der Waals surface area (Å²) >= 11 is 0. The van der Waals surface area contributed by atoms with Gasteiger partial charge in [0.05, 0.1) is 0 Å². The van der Waals surface area contributed by atoms with Crippen LogP contribution in [0, 0.1) is 5.92 Å². The Hall–Kier alpha value is -0.390. The second-order valence-corrected chi connectivity index (χ2v) is 3.05. The summed E-state index contributed by atoms with van der Waals surface area (Å²) in [6, 6.07) is -0.497. The molecule has 1 nitrogen and oxygen atoms in total. The molecule has 0 atom stereocenters. The molecule has 0 heterocycles. The van der Waals surface area contributed by atoms with Crippen molar-refractivity contribution >= 4 is 0 Å². The molecule has 6 heteroatoms. The van der Waals surface area contributed by atoms with Gasteiger partial charge < -0.3 is 5.73 Å². The van der Waals surface area contributed by atoms with Crippen molar-refractivity contribution in [2.75, 3.05) is 0 Å². The third-order valence-electron chi connectivity index (χ3n) is 2.07. The van der Waals surface area contributed by atoms with Gasteiger partial charge in [0, 0.05) is 12.0 Å². The zero-order valence-corrected chi connectivity index (χ0v) is 6.04. The lowest BCUT2D eigenvalue weighted by Gasteiger charge is -2.38. The van der Waals surface area contributed by atoms with Crippen molar-refractivity contribution in [3.05, 3.63) is 0 Å². The van der Waals surface area contributed by atoms with E-state index < -0.39 is 24.1 Å². The molecule has 1 aliphatic carbocycles. The van der Waals surface area contributed by atoms with E-state index in [4.69, 9.17) is 5.73 Å². The van der Waals surface area contributed by atoms with Crippen LogP contribution in [0.15, 0.2) is 0 Å². The van der Waals surface area contributed by atoms with Crippen molar-refractivity contribution in [3.8, 4) is 0 Å². The molecule has 1 fully saturated rings. The lowest BCUT2D eigenvalue weighted by atomic mass is 9.76. The molecule has 2 N–H and O–H groups in total. The van der Waals surface area contributed by atoms with Gasteiger partial charge in [0.15, 0.2) is 0 Å². The van der Waals surface area contributed by atoms with Crippen LogP contribution in [-0.2, 0) is 0 Å². The Morgan fingerprint density at radius 1 is 1.00 bits per heavy atom. The molecule has 0 aromatic heterocycles. The molecule has 1 saturated carbocycles. The minimum absolute atomic E-state index is 0.244. The maximum atomic E-state index is 12.4. The number of hydrogen-bond acceptors (Lipinski definition) is 1. The van der Waals surface area contributed by atoms with Crippen molar-refractivity contribution in [2.24, 2.45) is 11.7 Å². The van der Waals surface area contributed by atoms with Crippen molar-refractivity contribution in [1.29, 1.82) is 0 Å². The highest BCUT2D eigenvalue weighted by molar-refractivity contribution is 4.94. The highest BCUT2D eigenvalue weighted by Crippen LogP contribution is 2.48. The van der Waals surface area contributed by atoms with Gasteiger partial charge in [0.1, 0.15) is 0 Å². The Bertz CT molecular complexity index is 169. The maximum absolute atomic E-state index is 12.4. The second-order valence-electron chi connectivity index (χ2n) is 3.05. The van der Waals surface area contributed by atoms with E-state index in [-0.39, 0.29) is 12.8 Å². The molecule has 12 heavy (non-hydrogen) atoms. The van der Waals surface area contributed by atoms with E-state index in [1.165, 1.54) is 0 Å². The third kappa shape index (κ3) is 1.39. The fourth-order valence-electron chi connectivity index (χ4n) is 1.19. The Labute approximate surface area is 65.7 Å². The fourth-order valence-corrected chi connectivity index (χ4v) is 1.19. The summed E-state index contributed by atoms with van der Waals surface area (Å²) in [5.74, 6) is -6.18. The van der Waals surface area contributed by atoms with Gasteiger partial charge in [-0.25, -0.2) is 0 Å². The Morgan fingerprint density at radius 3 is 1.67 bits per heavy atom. The standard InChI is InChI=1S/C6H8F5N/c7-5(8,6(9,10)11)3-1-4(12)2-3/h3-4H,1-2,12H2. The van der Waals surface area contributed by atoms with Gasteiger partial charge in [0.25, 0.3) is 0 Å². The van der Waals surface area contributed by atoms with Gasteiger partial charge in [-0.1, -0.05) is 0 Å². The molecule has 1 rings (SSSR count). The van der Waals surface area contributed by atoms with Crippen LogP contribution in [0.1, 0.15) is 12.8 Å². The Balaban J connectivity index is 2.61. The van der Waals surface area contributed by atoms with Gasteiger partial charge in [-0.05, 0) is 12.8 Å². The minimum Gasteiger partial charge on any atom is -0.328 e. The molecule has 0 saturated heterocycles. The Morgan fingerprint density at radius 2 is 1.42 bits per heavy atom. The molecule has 0 aliphatic heterocycles. The first kappa shape index (κ1) is 9.70. The van der Waals surface area contributed by atoms with Crippen LogP contribution in [0.3, 0.4) is 0 Å². The molecule has 0 spiro atoms. The largest absolute Gasteiger partial charge is 0.453 e. The van der Waals surface area contributed by atoms with E-state index in [1.54, 1.807) is 0 Å². The van der Waals surface area contributed by atoms with Gasteiger partial charge in [-0.15, -0.1) is 0 Å². The quantitative estimate of drug-likeness (QED) is 0.626. The highest BCUT2D eigenvalue weighted by Gasteiger charge is 2.64. The molecule has 0 aromatic rings. The lowest BCUT2D eigenvalue weighted by Crippen LogP contribution is -2.52. The summed E-state index contributed by atoms with van der Waals surface area (Å²) in [6.07, 6.45) is -5.92. The first-order valence-electron chi connectivity index (χ1n) is 3.45. The number of hydrogen-bond donors (Lipinski definition) is 1. The van der Waals surface area contributed by atoms with Crippen molar-refractivity contribution in [2.45, 2.75) is 31.0 Å². The molecule has 72 valence electrons. The number of halogens is 5. The predicted octanol–water partition coefficient (Wildman–Crippen LogP) is 1.92. The molecular weight excluding hydrogens is 181 g/mol. The molecule has 0 radical (unpaired) electrons. The van der Waals surface area contributed by atoms with Gasteiger partial charge in [-0.3, -0.25) is 0 Å². The Kier molecular flexibility index (Phi) is 2.06. The predicted molar refractivity (Wildman–Crippen MR) is 31.7 cm³/mol. The lowest BCUT2D eigenvalue weighted by molar-refractivity contribution is -0.311. The summed E-state index contributed by atoms with van der Waals surface area (Å²) < 4.78 is 59.7. The summed E-state index contributed by atoms with van der Waals surface area (Å²) in [5.41, 5.74) is 5.11. The summed E-state index contributed by atoms with van der Waals surface area (Å²) in [5, 5.41) is 0. The van der Waals surface area contributed by atoms with Crippen LogP contribution in [0.25, 0.3) is 0 Å². The SMILES string of the molecule is NC1CC(C(F)(F)C(F)(F)F)C1. The molecule has 1 aliphatic rings. The van der Waals surface area contributed by atoms with E-state index >= 15 is 0 Å². The summed E-state index contributed by atoms with van der Waals surface area (Å²) in [7, 11) is 0. The fraction of sp³-hybridized carbons (Fsp3) is 1.00. The average molecular weight is 189 g/mol. The zero-order chi connectivity index (χ0) is 9.57. The topological polar surface area (TPSA) is 26.0 Å². The molecule has 0 aromatic carbocycles. The van der Waals surface area contributed by atoms with Crippen LogP contribution in [-0.4, -0.2) is 18.1 Å². The molecule has 0 unspecified atom stereocenters. The second kappa shape index (κ2) is 2.55. The highest BCUT2D eigenvalue weighted by atomic mass is 19.4. The normalized spacial score (nSPS) is 31.5. The van der Waals surface area contributed by atoms with Crippen LogP contribution >= 0.6 is 0 Å². The van der Waals surface area contributed by atoms with Gasteiger partial charge >= 0.3 is 12.1 Å². The van der Waals surface area contributed by atoms with Crippen molar-refractivity contribution in [3.63, 3.8) is 0 Å². The zero-order valence-electron chi connectivity index (χ0n) is 6.04. The van der Waals surface area contributed by atoms with Crippen LogP contribution in [0.4, 0.5) is 22.0 Å². The molecule has 0 bridgehead atoms. The van der Waals surface area contributed by atoms with Crippen molar-refractivity contribution in [1.82, 2.24) is 0 Å². The maximum Gasteiger partial charge on any atom is 0.453 e. The van der Waals surface area contributed by atoms with E-state index in [9.17, 15) is 22.0 Å². The van der Waals surface area contributed by atoms with Crippen LogP contribution in [0.5, 0.6) is 0 Å². The number of rotatable bonds is 1. The summed E-state index contributed by atoms with van der Waals surface area (Å²) in [6.45, 7) is 0. The smallest absolute Gasteiger partial charge is 0.328 e. The van der Waals surface area contributed by atoms with Crippen LogP contribution in [0.2, 0.25) is 0 Å². The number of nitrogens with two attached hydrogens (primary N) is 1. The van der Waals surface area contributed by atoms with Gasteiger partial charge in [0.2, 0.25) is 0 Å². The molecule has 0 amide bonds. The monoisotopic (exact) mass is 189 g/mol. The van der Waals surface area contributed by atoms with E-state index in [0.717, 1.165) is 0 Å².